The minimum atomic E-state index is -0.458. The summed E-state index contributed by atoms with van der Waals surface area (Å²) in [7, 11) is 0. The van der Waals surface area contributed by atoms with Crippen molar-refractivity contribution in [2.75, 3.05) is 13.1 Å². The Morgan fingerprint density at radius 3 is 2.71 bits per heavy atom. The van der Waals surface area contributed by atoms with E-state index in [0.717, 1.165) is 55.4 Å². The molecule has 7 heteroatoms. The molecule has 5 rings (SSSR count). The lowest BCUT2D eigenvalue weighted by molar-refractivity contribution is 0.0825. The molecule has 2 unspecified atom stereocenters. The van der Waals surface area contributed by atoms with Crippen molar-refractivity contribution in [3.05, 3.63) is 89.4 Å². The number of nitrogens with zero attached hydrogens (tertiary/aromatic N) is 2. The topological polar surface area (TPSA) is 90.9 Å². The highest BCUT2D eigenvalue weighted by molar-refractivity contribution is 6.11. The number of halogens is 1. The van der Waals surface area contributed by atoms with Gasteiger partial charge in [0.15, 0.2) is 0 Å². The van der Waals surface area contributed by atoms with E-state index in [1.54, 1.807) is 23.2 Å². The summed E-state index contributed by atoms with van der Waals surface area (Å²) in [6.45, 7) is 3.35. The third-order valence-electron chi connectivity index (χ3n) is 8.58. The Labute approximate surface area is 224 Å². The number of nitrogens with two attached hydrogens (primary N) is 1. The van der Waals surface area contributed by atoms with E-state index in [4.69, 9.17) is 10.7 Å². The van der Waals surface area contributed by atoms with Crippen molar-refractivity contribution >= 4 is 17.4 Å². The van der Waals surface area contributed by atoms with Gasteiger partial charge >= 0.3 is 6.03 Å². The van der Waals surface area contributed by atoms with Gasteiger partial charge in [0.2, 0.25) is 0 Å². The number of carbonyl (C=O) groups is 1. The Kier molecular flexibility index (Phi) is 7.65. The lowest BCUT2D eigenvalue weighted by atomic mass is 9.67. The number of aliphatic imine (C=N–C) groups is 1. The molecular weight excluding hydrogens is 479 g/mol. The second-order valence-corrected chi connectivity index (χ2v) is 11.1. The number of aliphatic hydroxyl groups excluding tert-OH is 1. The van der Waals surface area contributed by atoms with Crippen LogP contribution >= 0.6 is 0 Å². The number of rotatable bonds is 5. The van der Waals surface area contributed by atoms with Gasteiger partial charge in [0.1, 0.15) is 5.82 Å². The average Bonchev–Trinajstić information content (AvgIpc) is 3.24. The molecule has 1 aliphatic heterocycles. The molecule has 2 amide bonds. The minimum absolute atomic E-state index is 0.0912. The summed E-state index contributed by atoms with van der Waals surface area (Å²) in [5, 5.41) is 13.4. The van der Waals surface area contributed by atoms with Crippen LogP contribution in [0.25, 0.3) is 0 Å². The van der Waals surface area contributed by atoms with Crippen LogP contribution in [0.4, 0.5) is 14.9 Å². The van der Waals surface area contributed by atoms with Gasteiger partial charge in [-0.25, -0.2) is 14.2 Å². The highest BCUT2D eigenvalue weighted by Crippen LogP contribution is 2.56. The third kappa shape index (κ3) is 5.53. The summed E-state index contributed by atoms with van der Waals surface area (Å²) in [6.07, 6.45) is 8.48. The van der Waals surface area contributed by atoms with Crippen LogP contribution in [0.3, 0.4) is 0 Å². The molecule has 3 aliphatic rings. The third-order valence-corrected chi connectivity index (χ3v) is 8.58. The van der Waals surface area contributed by atoms with Crippen molar-refractivity contribution in [3.8, 4) is 0 Å². The summed E-state index contributed by atoms with van der Waals surface area (Å²) in [5.74, 6) is 0.0572. The van der Waals surface area contributed by atoms with Crippen molar-refractivity contribution in [2.45, 2.75) is 57.6 Å². The highest BCUT2D eigenvalue weighted by atomic mass is 19.1. The number of benzene rings is 2. The fourth-order valence-corrected chi connectivity index (χ4v) is 6.34. The quantitative estimate of drug-likeness (QED) is 0.470. The van der Waals surface area contributed by atoms with E-state index in [1.807, 2.05) is 18.2 Å². The van der Waals surface area contributed by atoms with E-state index in [2.05, 4.69) is 30.4 Å². The molecule has 38 heavy (non-hydrogen) atoms. The second kappa shape index (κ2) is 11.1. The fraction of sp³-hybridized carbons (Fsp3) is 0.419. The summed E-state index contributed by atoms with van der Waals surface area (Å²) < 4.78 is 13.4. The van der Waals surface area contributed by atoms with Crippen molar-refractivity contribution in [2.24, 2.45) is 22.1 Å². The van der Waals surface area contributed by atoms with E-state index >= 15 is 0 Å². The first-order valence-corrected chi connectivity index (χ1v) is 13.6. The summed E-state index contributed by atoms with van der Waals surface area (Å²) in [6, 6.07) is 16.1. The number of hydrogen-bond donors (Lipinski definition) is 3. The van der Waals surface area contributed by atoms with Gasteiger partial charge in [-0.1, -0.05) is 42.8 Å². The number of carbonyl (C=O) groups excluding carboxylic acids is 1. The Morgan fingerprint density at radius 1 is 1.24 bits per heavy atom. The Bertz CT molecular complexity index is 1240. The molecule has 1 saturated heterocycles. The zero-order valence-electron chi connectivity index (χ0n) is 21.9. The van der Waals surface area contributed by atoms with E-state index < -0.39 is 6.10 Å². The van der Waals surface area contributed by atoms with Gasteiger partial charge in [-0.2, -0.15) is 0 Å². The molecular formula is C31H37FN4O2. The molecule has 2 aromatic carbocycles. The van der Waals surface area contributed by atoms with Gasteiger partial charge in [-0.05, 0) is 97.5 Å². The van der Waals surface area contributed by atoms with Gasteiger partial charge < -0.3 is 21.1 Å². The predicted octanol–water partition coefficient (Wildman–Crippen LogP) is 5.78. The summed E-state index contributed by atoms with van der Waals surface area (Å²) in [5.41, 5.74) is 11.0. The molecule has 4 N–H and O–H groups in total. The zero-order valence-corrected chi connectivity index (χ0v) is 21.9. The molecule has 200 valence electrons. The average molecular weight is 517 g/mol. The Hall–Kier alpha value is -3.45. The number of piperidine rings is 1. The molecule has 0 radical (unpaired) electrons. The molecule has 0 bridgehead atoms. The van der Waals surface area contributed by atoms with Crippen LogP contribution in [0.5, 0.6) is 0 Å². The number of amides is 2. The number of fused-ring (bicyclic) bond motifs is 1. The van der Waals surface area contributed by atoms with Crippen LogP contribution in [-0.2, 0) is 0 Å². The maximum atomic E-state index is 13.4. The molecule has 0 spiro atoms. The highest BCUT2D eigenvalue weighted by Gasteiger charge is 2.46. The van der Waals surface area contributed by atoms with Crippen LogP contribution in [-0.4, -0.2) is 40.9 Å². The Morgan fingerprint density at radius 2 is 2.00 bits per heavy atom. The second-order valence-electron chi connectivity index (χ2n) is 11.1. The number of likely N-dealkylation sites (tertiary alicyclic amines) is 1. The van der Waals surface area contributed by atoms with Crippen molar-refractivity contribution in [1.82, 2.24) is 10.2 Å². The molecule has 2 fully saturated rings. The number of allylic oxidation sites excluding steroid dienone is 3. The number of urea groups is 1. The van der Waals surface area contributed by atoms with Crippen LogP contribution in [0.15, 0.2) is 83.0 Å². The smallest absolute Gasteiger partial charge is 0.317 e. The van der Waals surface area contributed by atoms with E-state index in [0.29, 0.717) is 24.7 Å². The normalized spacial score (nSPS) is 28.2. The zero-order chi connectivity index (χ0) is 26.7. The number of hydrogen-bond acceptors (Lipinski definition) is 4. The molecule has 2 aromatic rings. The SMILES string of the molecule is C[C@]12CC(=CN)C(=Nc3ccc(F)cc3)C=C1CC[C@@H]2CC(NC(=O)N1CCCC(O)C1)c1ccccc1. The molecule has 4 atom stereocenters. The fourth-order valence-electron chi connectivity index (χ4n) is 6.34. The van der Waals surface area contributed by atoms with Crippen LogP contribution in [0.1, 0.15) is 57.1 Å². The summed E-state index contributed by atoms with van der Waals surface area (Å²) >= 11 is 0. The first-order valence-electron chi connectivity index (χ1n) is 13.6. The van der Waals surface area contributed by atoms with E-state index in [9.17, 15) is 14.3 Å². The van der Waals surface area contributed by atoms with Gasteiger partial charge in [-0.3, -0.25) is 0 Å². The predicted molar refractivity (Wildman–Crippen MR) is 148 cm³/mol. The molecule has 2 aliphatic carbocycles. The van der Waals surface area contributed by atoms with Gasteiger partial charge in [0.05, 0.1) is 23.5 Å². The number of β-amino-alcohol motifs (C(OH)–C–C–N with tert-alkyl or cyclic N) is 1. The molecule has 0 aromatic heterocycles. The molecule has 1 heterocycles. The van der Waals surface area contributed by atoms with Crippen LogP contribution < -0.4 is 11.1 Å². The van der Waals surface area contributed by atoms with E-state index in [1.165, 1.54) is 17.7 Å². The van der Waals surface area contributed by atoms with Crippen LogP contribution in [0, 0.1) is 17.2 Å². The maximum Gasteiger partial charge on any atom is 0.317 e. The maximum absolute atomic E-state index is 13.4. The molecule has 1 saturated carbocycles. The Balaban J connectivity index is 1.38. The van der Waals surface area contributed by atoms with Crippen molar-refractivity contribution in [1.29, 1.82) is 0 Å². The monoisotopic (exact) mass is 516 g/mol. The van der Waals surface area contributed by atoms with Crippen LogP contribution in [0.2, 0.25) is 0 Å². The lowest BCUT2D eigenvalue weighted by Gasteiger charge is -2.39. The minimum Gasteiger partial charge on any atom is -0.404 e. The first-order chi connectivity index (χ1) is 18.4. The van der Waals surface area contributed by atoms with Gasteiger partial charge in [0.25, 0.3) is 0 Å². The van der Waals surface area contributed by atoms with Gasteiger partial charge in [0, 0.05) is 13.1 Å². The first kappa shape index (κ1) is 26.2. The van der Waals surface area contributed by atoms with Gasteiger partial charge in [-0.15, -0.1) is 0 Å². The van der Waals surface area contributed by atoms with E-state index in [-0.39, 0.29) is 23.3 Å². The van der Waals surface area contributed by atoms with Crippen molar-refractivity contribution in [3.63, 3.8) is 0 Å². The number of nitrogens with one attached hydrogen (secondary N) is 1. The largest absolute Gasteiger partial charge is 0.404 e. The summed E-state index contributed by atoms with van der Waals surface area (Å²) in [4.78, 5) is 19.7. The standard InChI is InChI=1S/C31H37FN4O2/c1-31-18-22(19-33)29(34-26-13-11-25(32)12-14-26)17-24(31)10-9-23(31)16-28(21-6-3-2-4-7-21)35-30(38)36-15-5-8-27(37)20-36/h2-4,6-7,11-14,17,19,23,27-28,37H,5,8-10,15-16,18,20,33H2,1H3,(H,35,38)/t23-,27?,28?,31-/m1/s1. The molecule has 6 nitrogen and oxygen atoms in total. The number of aliphatic hydroxyl groups is 1. The van der Waals surface area contributed by atoms with Crippen molar-refractivity contribution < 1.29 is 14.3 Å². The lowest BCUT2D eigenvalue weighted by Crippen LogP contribution is -2.48.